The number of hydrogen-bond donors (Lipinski definition) is 0. The van der Waals surface area contributed by atoms with Crippen LogP contribution in [-0.2, 0) is 17.1 Å². The van der Waals surface area contributed by atoms with Gasteiger partial charge in [0.15, 0.2) is 0 Å². The Balaban J connectivity index is 2.22. The number of aromatic nitrogens is 2. The maximum Gasteiger partial charge on any atom is 0.246 e. The molecule has 0 radical (unpaired) electrons. The van der Waals surface area contributed by atoms with Crippen molar-refractivity contribution in [3.8, 4) is 0 Å². The molecule has 0 N–H and O–H groups in total. The van der Waals surface area contributed by atoms with Crippen molar-refractivity contribution < 1.29 is 8.42 Å². The zero-order chi connectivity index (χ0) is 12.6. The number of piperidine rings is 1. The molecule has 2 unspecified atom stereocenters. The maximum atomic E-state index is 12.3. The number of halogens is 1. The smallest absolute Gasteiger partial charge is 0.246 e. The van der Waals surface area contributed by atoms with Crippen LogP contribution in [0.2, 0.25) is 0 Å². The molecule has 0 saturated carbocycles. The third-order valence-corrected chi connectivity index (χ3v) is 6.26. The van der Waals surface area contributed by atoms with Crippen molar-refractivity contribution in [2.75, 3.05) is 13.1 Å². The number of sulfonamides is 1. The van der Waals surface area contributed by atoms with Crippen molar-refractivity contribution >= 4 is 26.0 Å². The first-order valence-corrected chi connectivity index (χ1v) is 7.89. The predicted octanol–water partition coefficient (Wildman–Crippen LogP) is 1.21. The lowest BCUT2D eigenvalue weighted by Crippen LogP contribution is -2.43. The fraction of sp³-hybridized carbons (Fsp3) is 0.700. The first kappa shape index (κ1) is 13.0. The average Bonchev–Trinajstić information content (AvgIpc) is 2.69. The summed E-state index contributed by atoms with van der Waals surface area (Å²) in [6, 6.07) is 0. The molecule has 5 nitrogen and oxygen atoms in total. The van der Waals surface area contributed by atoms with Gasteiger partial charge in [-0.15, -0.1) is 0 Å². The molecule has 1 aliphatic rings. The maximum absolute atomic E-state index is 12.3. The second kappa shape index (κ2) is 4.70. The topological polar surface area (TPSA) is 55.2 Å². The number of nitrogens with zero attached hydrogens (tertiary/aromatic N) is 3. The van der Waals surface area contributed by atoms with Crippen molar-refractivity contribution in [1.29, 1.82) is 0 Å². The minimum Gasteiger partial charge on any atom is -0.274 e. The summed E-state index contributed by atoms with van der Waals surface area (Å²) >= 11 is 3.57. The summed E-state index contributed by atoms with van der Waals surface area (Å²) in [5.74, 6) is 0.329. The quantitative estimate of drug-likeness (QED) is 0.769. The average molecular weight is 322 g/mol. The summed E-state index contributed by atoms with van der Waals surface area (Å²) in [5.41, 5.74) is 0. The fourth-order valence-corrected chi connectivity index (χ4v) is 3.89. The highest BCUT2D eigenvalue weighted by Gasteiger charge is 2.32. The van der Waals surface area contributed by atoms with E-state index in [9.17, 15) is 8.42 Å². The van der Waals surface area contributed by atoms with E-state index in [2.05, 4.69) is 28.0 Å². The molecule has 0 spiro atoms. The van der Waals surface area contributed by atoms with Crippen molar-refractivity contribution in [2.24, 2.45) is 13.0 Å². The Bertz CT molecular complexity index is 499. The molecule has 0 bridgehead atoms. The van der Waals surface area contributed by atoms with Crippen molar-refractivity contribution in [1.82, 2.24) is 14.1 Å². The van der Waals surface area contributed by atoms with Gasteiger partial charge >= 0.3 is 0 Å². The monoisotopic (exact) mass is 321 g/mol. The molecule has 0 amide bonds. The third-order valence-electron chi connectivity index (χ3n) is 3.08. The van der Waals surface area contributed by atoms with E-state index in [0.29, 0.717) is 23.8 Å². The molecule has 2 atom stereocenters. The molecular formula is C10H16BrN3O2S. The molecular weight excluding hydrogens is 306 g/mol. The minimum atomic E-state index is -3.37. The highest BCUT2D eigenvalue weighted by atomic mass is 79.9. The van der Waals surface area contributed by atoms with Gasteiger partial charge in [0.05, 0.1) is 6.20 Å². The Morgan fingerprint density at radius 3 is 2.76 bits per heavy atom. The molecule has 96 valence electrons. The first-order chi connectivity index (χ1) is 7.91. The minimum absolute atomic E-state index is 0.278. The zero-order valence-electron chi connectivity index (χ0n) is 9.88. The summed E-state index contributed by atoms with van der Waals surface area (Å²) in [7, 11) is -1.65. The van der Waals surface area contributed by atoms with Crippen LogP contribution < -0.4 is 0 Å². The fourth-order valence-electron chi connectivity index (χ4n) is 1.98. The van der Waals surface area contributed by atoms with E-state index >= 15 is 0 Å². The number of hydrogen-bond acceptors (Lipinski definition) is 3. The molecule has 7 heteroatoms. The van der Waals surface area contributed by atoms with E-state index in [-0.39, 0.29) is 4.90 Å². The van der Waals surface area contributed by atoms with Gasteiger partial charge in [-0.3, -0.25) is 4.68 Å². The van der Waals surface area contributed by atoms with E-state index < -0.39 is 10.0 Å². The summed E-state index contributed by atoms with van der Waals surface area (Å²) in [5, 5.41) is 3.91. The summed E-state index contributed by atoms with van der Waals surface area (Å²) in [4.78, 5) is 0.683. The van der Waals surface area contributed by atoms with Gasteiger partial charge < -0.3 is 0 Å². The number of aryl methyl sites for hydroxylation is 1. The Morgan fingerprint density at radius 2 is 2.24 bits per heavy atom. The van der Waals surface area contributed by atoms with E-state index in [4.69, 9.17) is 0 Å². The largest absolute Gasteiger partial charge is 0.274 e. The van der Waals surface area contributed by atoms with Gasteiger partial charge in [-0.25, -0.2) is 8.42 Å². The van der Waals surface area contributed by atoms with Crippen LogP contribution in [0.25, 0.3) is 0 Å². The van der Waals surface area contributed by atoms with E-state index in [0.717, 1.165) is 6.42 Å². The molecule has 0 aliphatic carbocycles. The van der Waals surface area contributed by atoms with Crippen molar-refractivity contribution in [3.05, 3.63) is 12.4 Å². The van der Waals surface area contributed by atoms with E-state index in [1.807, 2.05) is 0 Å². The SMILES string of the molecule is CC1CN(S(=O)(=O)c2cnn(C)c2)CCC1Br. The highest BCUT2D eigenvalue weighted by Crippen LogP contribution is 2.27. The zero-order valence-corrected chi connectivity index (χ0v) is 12.3. The predicted molar refractivity (Wildman–Crippen MR) is 68.5 cm³/mol. The molecule has 1 fully saturated rings. The van der Waals surface area contributed by atoms with Crippen molar-refractivity contribution in [2.45, 2.75) is 23.1 Å². The molecule has 17 heavy (non-hydrogen) atoms. The van der Waals surface area contributed by atoms with Gasteiger partial charge in [-0.05, 0) is 12.3 Å². The second-order valence-electron chi connectivity index (χ2n) is 4.49. The van der Waals surface area contributed by atoms with Gasteiger partial charge in [0.1, 0.15) is 4.90 Å². The van der Waals surface area contributed by atoms with Gasteiger partial charge in [0.2, 0.25) is 10.0 Å². The lowest BCUT2D eigenvalue weighted by atomic mass is 10.0. The van der Waals surface area contributed by atoms with Crippen LogP contribution in [0.5, 0.6) is 0 Å². The van der Waals surface area contributed by atoms with Crippen LogP contribution in [0.1, 0.15) is 13.3 Å². The second-order valence-corrected chi connectivity index (χ2v) is 7.61. The third kappa shape index (κ3) is 2.56. The van der Waals surface area contributed by atoms with Gasteiger partial charge in [0.25, 0.3) is 0 Å². The molecule has 2 rings (SSSR count). The summed E-state index contributed by atoms with van der Waals surface area (Å²) < 4.78 is 27.7. The van der Waals surface area contributed by atoms with E-state index in [1.54, 1.807) is 17.5 Å². The Morgan fingerprint density at radius 1 is 1.53 bits per heavy atom. The van der Waals surface area contributed by atoms with Gasteiger partial charge in [-0.2, -0.15) is 9.40 Å². The van der Waals surface area contributed by atoms with Gasteiger partial charge in [0, 0.05) is 31.2 Å². The lowest BCUT2D eigenvalue weighted by Gasteiger charge is -2.33. The Labute approximate surface area is 110 Å². The molecule has 0 aromatic carbocycles. The lowest BCUT2D eigenvalue weighted by molar-refractivity contribution is 0.292. The molecule has 1 aromatic rings. The molecule has 2 heterocycles. The number of rotatable bonds is 2. The summed E-state index contributed by atoms with van der Waals surface area (Å²) in [6.45, 7) is 3.19. The Kier molecular flexibility index (Phi) is 3.61. The number of alkyl halides is 1. The van der Waals surface area contributed by atoms with Crippen LogP contribution in [0.4, 0.5) is 0 Å². The van der Waals surface area contributed by atoms with E-state index in [1.165, 1.54) is 10.9 Å². The van der Waals surface area contributed by atoms with Crippen LogP contribution in [0.15, 0.2) is 17.3 Å². The van der Waals surface area contributed by atoms with Crippen LogP contribution >= 0.6 is 15.9 Å². The van der Waals surface area contributed by atoms with Crippen LogP contribution in [0.3, 0.4) is 0 Å². The standard InChI is InChI=1S/C10H16BrN3O2S/c1-8-6-14(4-3-10(8)11)17(15,16)9-5-12-13(2)7-9/h5,7-8,10H,3-4,6H2,1-2H3. The normalized spacial score (nSPS) is 27.2. The highest BCUT2D eigenvalue weighted by molar-refractivity contribution is 9.09. The van der Waals surface area contributed by atoms with Crippen LogP contribution in [0, 0.1) is 5.92 Å². The van der Waals surface area contributed by atoms with Gasteiger partial charge in [-0.1, -0.05) is 22.9 Å². The Hall–Kier alpha value is -0.400. The molecule has 1 saturated heterocycles. The molecule has 1 aliphatic heterocycles. The van der Waals surface area contributed by atoms with Crippen molar-refractivity contribution in [3.63, 3.8) is 0 Å². The molecule has 1 aromatic heterocycles. The van der Waals surface area contributed by atoms with Crippen LogP contribution in [-0.4, -0.2) is 40.4 Å². The first-order valence-electron chi connectivity index (χ1n) is 5.54. The summed E-state index contributed by atoms with van der Waals surface area (Å²) in [6.07, 6.45) is 3.79.